The number of carbonyl (C=O) groups excluding carboxylic acids is 2. The van der Waals surface area contributed by atoms with Crippen molar-refractivity contribution in [1.29, 1.82) is 0 Å². The third-order valence-corrected chi connectivity index (χ3v) is 5.16. The molecule has 0 radical (unpaired) electrons. The molecule has 0 aliphatic heterocycles. The topological polar surface area (TPSA) is 109 Å². The molecule has 0 spiro atoms. The Kier molecular flexibility index (Phi) is 12.6. The number of rotatable bonds is 11. The van der Waals surface area contributed by atoms with Gasteiger partial charge in [0.05, 0.1) is 32.5 Å². The number of benzene rings is 1. The number of carbonyl (C=O) groups is 2. The molecule has 2 N–H and O–H groups in total. The lowest BCUT2D eigenvalue weighted by molar-refractivity contribution is -0.129. The number of aliphatic hydroxyl groups excluding tert-OH is 2. The third-order valence-electron chi connectivity index (χ3n) is 5.16. The Morgan fingerprint density at radius 1 is 1.11 bits per heavy atom. The van der Waals surface area contributed by atoms with Crippen molar-refractivity contribution < 1.29 is 34.0 Å². The molecule has 9 heteroatoms. The second kappa shape index (κ2) is 14.6. The smallest absolute Gasteiger partial charge is 0.410 e. The molecule has 1 rings (SSSR count). The number of methoxy groups -OCH3 is 1. The van der Waals surface area contributed by atoms with Gasteiger partial charge in [0.2, 0.25) is 0 Å². The van der Waals surface area contributed by atoms with Gasteiger partial charge in [0, 0.05) is 26.1 Å². The minimum Gasteiger partial charge on any atom is -0.497 e. The van der Waals surface area contributed by atoms with Crippen LogP contribution >= 0.6 is 0 Å². The van der Waals surface area contributed by atoms with Crippen LogP contribution in [0.15, 0.2) is 24.3 Å². The average molecular weight is 493 g/mol. The number of hydrogen-bond donors (Lipinski definition) is 2. The maximum absolute atomic E-state index is 12.7. The molecule has 0 aliphatic carbocycles. The lowest BCUT2D eigenvalue weighted by Crippen LogP contribution is -2.47. The van der Waals surface area contributed by atoms with E-state index in [2.05, 4.69) is 11.8 Å². The highest BCUT2D eigenvalue weighted by Crippen LogP contribution is 2.15. The zero-order valence-corrected chi connectivity index (χ0v) is 21.9. The minimum absolute atomic E-state index is 0.0444. The normalized spacial score (nSPS) is 13.6. The summed E-state index contributed by atoms with van der Waals surface area (Å²) in [6.45, 7) is 9.35. The first-order valence-corrected chi connectivity index (χ1v) is 11.6. The maximum Gasteiger partial charge on any atom is 0.410 e. The van der Waals surface area contributed by atoms with Crippen LogP contribution in [0, 0.1) is 17.8 Å². The van der Waals surface area contributed by atoms with Gasteiger partial charge in [0.15, 0.2) is 0 Å². The van der Waals surface area contributed by atoms with Gasteiger partial charge < -0.3 is 34.2 Å². The summed E-state index contributed by atoms with van der Waals surface area (Å²) in [6, 6.07) is 7.16. The first kappa shape index (κ1) is 30.2. The molecule has 0 saturated heterocycles. The van der Waals surface area contributed by atoms with E-state index in [1.54, 1.807) is 41.9 Å². The number of hydrogen-bond acceptors (Lipinski definition) is 7. The second-order valence-corrected chi connectivity index (χ2v) is 9.54. The van der Waals surface area contributed by atoms with Crippen LogP contribution in [0.5, 0.6) is 5.75 Å². The van der Waals surface area contributed by atoms with Crippen molar-refractivity contribution in [3.63, 3.8) is 0 Å². The SMILES string of the molecule is COc1ccc(COC[C@H](C)N(C[C@@H](C)[C@@H](O)CN(C)C(=O)OC(C)(C)C)C(=O)C#CCO)cc1. The van der Waals surface area contributed by atoms with Gasteiger partial charge in [-0.1, -0.05) is 25.0 Å². The zero-order valence-electron chi connectivity index (χ0n) is 21.9. The van der Waals surface area contributed by atoms with Crippen molar-refractivity contribution in [2.75, 3.05) is 40.5 Å². The van der Waals surface area contributed by atoms with Gasteiger partial charge >= 0.3 is 6.09 Å². The molecule has 0 unspecified atom stereocenters. The molecule has 2 amide bonds. The molecule has 0 aliphatic rings. The lowest BCUT2D eigenvalue weighted by Gasteiger charge is -2.33. The number of nitrogens with zero attached hydrogens (tertiary/aromatic N) is 2. The molecule has 196 valence electrons. The Bertz CT molecular complexity index is 855. The predicted molar refractivity (Wildman–Crippen MR) is 133 cm³/mol. The molecule has 1 aromatic rings. The van der Waals surface area contributed by atoms with Crippen LogP contribution in [-0.2, 0) is 20.9 Å². The summed E-state index contributed by atoms with van der Waals surface area (Å²) < 4.78 is 16.3. The summed E-state index contributed by atoms with van der Waals surface area (Å²) in [5, 5.41) is 19.7. The molecule has 0 fully saturated rings. The van der Waals surface area contributed by atoms with Crippen molar-refractivity contribution in [3.8, 4) is 17.6 Å². The average Bonchev–Trinajstić information content (AvgIpc) is 2.79. The van der Waals surface area contributed by atoms with Gasteiger partial charge in [-0.2, -0.15) is 0 Å². The van der Waals surface area contributed by atoms with Crippen LogP contribution in [0.1, 0.15) is 40.2 Å². The van der Waals surface area contributed by atoms with E-state index in [9.17, 15) is 14.7 Å². The summed E-state index contributed by atoms with van der Waals surface area (Å²) in [4.78, 5) is 27.7. The van der Waals surface area contributed by atoms with Crippen LogP contribution in [0.4, 0.5) is 4.79 Å². The minimum atomic E-state index is -0.902. The Labute approximate surface area is 209 Å². The Morgan fingerprint density at radius 3 is 2.29 bits per heavy atom. The quantitative estimate of drug-likeness (QED) is 0.456. The van der Waals surface area contributed by atoms with Gasteiger partial charge in [-0.05, 0) is 51.3 Å². The highest BCUT2D eigenvalue weighted by Gasteiger charge is 2.27. The summed E-state index contributed by atoms with van der Waals surface area (Å²) >= 11 is 0. The molecular weight excluding hydrogens is 452 g/mol. The van der Waals surface area contributed by atoms with Crippen LogP contribution < -0.4 is 4.74 Å². The fraction of sp³-hybridized carbons (Fsp3) is 0.615. The van der Waals surface area contributed by atoms with Crippen LogP contribution in [0.25, 0.3) is 0 Å². The molecule has 0 bridgehead atoms. The molecule has 0 heterocycles. The van der Waals surface area contributed by atoms with E-state index >= 15 is 0 Å². The first-order valence-electron chi connectivity index (χ1n) is 11.6. The van der Waals surface area contributed by atoms with Crippen molar-refractivity contribution in [2.45, 2.75) is 59.0 Å². The van der Waals surface area contributed by atoms with Crippen LogP contribution in [-0.4, -0.2) is 90.2 Å². The standard InChI is InChI=1S/C26H40N2O7/c1-19(23(30)16-27(6)25(32)35-26(3,4)5)15-28(24(31)9-8-14-29)20(2)17-34-18-21-10-12-22(33-7)13-11-21/h10-13,19-20,23,29-30H,14-18H2,1-7H3/t19-,20+,23+/m1/s1. The van der Waals surface area contributed by atoms with Gasteiger partial charge in [0.1, 0.15) is 18.0 Å². The van der Waals surface area contributed by atoms with Crippen LogP contribution in [0.3, 0.4) is 0 Å². The van der Waals surface area contributed by atoms with Crippen molar-refractivity contribution in [2.24, 2.45) is 5.92 Å². The van der Waals surface area contributed by atoms with Crippen molar-refractivity contribution in [3.05, 3.63) is 29.8 Å². The Hall–Kier alpha value is -2.80. The highest BCUT2D eigenvalue weighted by molar-refractivity contribution is 5.93. The number of aliphatic hydroxyl groups is 2. The summed E-state index contributed by atoms with van der Waals surface area (Å²) in [5.41, 5.74) is 0.322. The second-order valence-electron chi connectivity index (χ2n) is 9.54. The molecule has 35 heavy (non-hydrogen) atoms. The van der Waals surface area contributed by atoms with E-state index in [4.69, 9.17) is 19.3 Å². The molecule has 0 saturated carbocycles. The Balaban J connectivity index is 2.76. The van der Waals surface area contributed by atoms with E-state index in [1.807, 2.05) is 31.2 Å². The first-order chi connectivity index (χ1) is 16.4. The maximum atomic E-state index is 12.7. The molecular formula is C26H40N2O7. The summed E-state index contributed by atoms with van der Waals surface area (Å²) in [7, 11) is 3.15. The summed E-state index contributed by atoms with van der Waals surface area (Å²) in [6.07, 6.45) is -1.44. The van der Waals surface area contributed by atoms with E-state index in [-0.39, 0.29) is 31.7 Å². The van der Waals surface area contributed by atoms with Crippen LogP contribution in [0.2, 0.25) is 0 Å². The monoisotopic (exact) mass is 492 g/mol. The molecule has 3 atom stereocenters. The Morgan fingerprint density at radius 2 is 1.74 bits per heavy atom. The van der Waals surface area contributed by atoms with Gasteiger partial charge in [-0.25, -0.2) is 4.79 Å². The molecule has 9 nitrogen and oxygen atoms in total. The fourth-order valence-corrected chi connectivity index (χ4v) is 3.12. The lowest BCUT2D eigenvalue weighted by atomic mass is 10.0. The van der Waals surface area contributed by atoms with Gasteiger partial charge in [-0.3, -0.25) is 4.79 Å². The summed E-state index contributed by atoms with van der Waals surface area (Å²) in [5.74, 6) is 4.70. The molecule has 1 aromatic carbocycles. The predicted octanol–water partition coefficient (Wildman–Crippen LogP) is 2.29. The molecule has 0 aromatic heterocycles. The fourth-order valence-electron chi connectivity index (χ4n) is 3.12. The largest absolute Gasteiger partial charge is 0.497 e. The number of ether oxygens (including phenoxy) is 3. The number of likely N-dealkylation sites (N-methyl/N-ethyl adjacent to an activating group) is 1. The van der Waals surface area contributed by atoms with E-state index < -0.39 is 30.3 Å². The van der Waals surface area contributed by atoms with Gasteiger partial charge in [-0.15, -0.1) is 0 Å². The number of amides is 2. The highest BCUT2D eigenvalue weighted by atomic mass is 16.6. The van der Waals surface area contributed by atoms with E-state index in [1.165, 1.54) is 9.80 Å². The van der Waals surface area contributed by atoms with Gasteiger partial charge in [0.25, 0.3) is 5.91 Å². The van der Waals surface area contributed by atoms with E-state index in [0.717, 1.165) is 11.3 Å². The van der Waals surface area contributed by atoms with E-state index in [0.29, 0.717) is 6.61 Å². The van der Waals surface area contributed by atoms with Crippen molar-refractivity contribution >= 4 is 12.0 Å². The zero-order chi connectivity index (χ0) is 26.6. The third kappa shape index (κ3) is 11.5. The van der Waals surface area contributed by atoms with Crippen molar-refractivity contribution in [1.82, 2.24) is 9.80 Å².